The second-order valence-corrected chi connectivity index (χ2v) is 8.99. The van der Waals surface area contributed by atoms with Crippen molar-refractivity contribution in [2.75, 3.05) is 46.6 Å². The van der Waals surface area contributed by atoms with Crippen LogP contribution < -0.4 is 9.47 Å². The fourth-order valence-corrected chi connectivity index (χ4v) is 4.69. The Balaban J connectivity index is 1.25. The number of nitrogens with zero attached hydrogens (tertiary/aromatic N) is 3. The molecule has 0 atom stereocenters. The lowest BCUT2D eigenvalue weighted by atomic mass is 10.0. The van der Waals surface area contributed by atoms with Gasteiger partial charge in [0.2, 0.25) is 5.91 Å². The summed E-state index contributed by atoms with van der Waals surface area (Å²) in [4.78, 5) is 16.8. The number of morpholine rings is 1. The Morgan fingerprint density at radius 1 is 1.09 bits per heavy atom. The van der Waals surface area contributed by atoms with Crippen molar-refractivity contribution in [3.8, 4) is 22.8 Å². The average Bonchev–Trinajstić information content (AvgIpc) is 3.27. The molecule has 0 unspecified atom stereocenters. The maximum atomic E-state index is 12.6. The number of H-pyrrole nitrogens is 1. The highest BCUT2D eigenvalue weighted by atomic mass is 16.5. The van der Waals surface area contributed by atoms with Crippen molar-refractivity contribution in [1.29, 1.82) is 0 Å². The van der Waals surface area contributed by atoms with Crippen LogP contribution in [0.5, 0.6) is 11.5 Å². The van der Waals surface area contributed by atoms with Crippen molar-refractivity contribution in [1.82, 2.24) is 20.0 Å². The van der Waals surface area contributed by atoms with Crippen LogP contribution in [-0.4, -0.2) is 72.5 Å². The van der Waals surface area contributed by atoms with Gasteiger partial charge in [-0.1, -0.05) is 12.1 Å². The molecular weight excluding hydrogens is 444 g/mol. The molecule has 1 fully saturated rings. The molecule has 5 rings (SSSR count). The number of ether oxygens (including phenoxy) is 3. The quantitative estimate of drug-likeness (QED) is 0.564. The summed E-state index contributed by atoms with van der Waals surface area (Å²) in [7, 11) is 1.67. The predicted molar refractivity (Wildman–Crippen MR) is 132 cm³/mol. The van der Waals surface area contributed by atoms with Gasteiger partial charge in [0, 0.05) is 55.8 Å². The third kappa shape index (κ3) is 5.66. The predicted octanol–water partition coefficient (Wildman–Crippen LogP) is 3.27. The molecule has 184 valence electrons. The molecule has 0 spiro atoms. The first-order valence-electron chi connectivity index (χ1n) is 12.2. The topological polar surface area (TPSA) is 79.9 Å². The summed E-state index contributed by atoms with van der Waals surface area (Å²) in [6.45, 7) is 5.67. The number of hydrogen-bond acceptors (Lipinski definition) is 6. The highest BCUT2D eigenvalue weighted by molar-refractivity contribution is 5.76. The average molecular weight is 477 g/mol. The fraction of sp³-hybridized carbons (Fsp3) is 0.407. The van der Waals surface area contributed by atoms with Gasteiger partial charge in [-0.2, -0.15) is 5.10 Å². The Morgan fingerprint density at radius 3 is 2.71 bits per heavy atom. The summed E-state index contributed by atoms with van der Waals surface area (Å²) in [5.74, 6) is 1.96. The lowest BCUT2D eigenvalue weighted by Gasteiger charge is -2.26. The Hall–Kier alpha value is -3.36. The Bertz CT molecular complexity index is 1140. The normalized spacial score (nSPS) is 16.3. The van der Waals surface area contributed by atoms with Crippen molar-refractivity contribution in [2.24, 2.45) is 0 Å². The molecule has 35 heavy (non-hydrogen) atoms. The maximum Gasteiger partial charge on any atom is 0.223 e. The van der Waals surface area contributed by atoms with E-state index in [1.165, 1.54) is 0 Å². The summed E-state index contributed by atoms with van der Waals surface area (Å²) >= 11 is 0. The highest BCUT2D eigenvalue weighted by Gasteiger charge is 2.20. The van der Waals surface area contributed by atoms with Gasteiger partial charge in [0.25, 0.3) is 0 Å². The number of hydrogen-bond donors (Lipinski definition) is 1. The molecule has 2 aliphatic rings. The third-order valence-corrected chi connectivity index (χ3v) is 6.67. The summed E-state index contributed by atoms with van der Waals surface area (Å²) in [6.07, 6.45) is 3.15. The number of carbonyl (C=O) groups is 1. The molecule has 2 aromatic carbocycles. The highest BCUT2D eigenvalue weighted by Crippen LogP contribution is 2.28. The van der Waals surface area contributed by atoms with Crippen LogP contribution in [-0.2, 0) is 29.0 Å². The van der Waals surface area contributed by atoms with E-state index in [0.29, 0.717) is 39.3 Å². The van der Waals surface area contributed by atoms with Crippen molar-refractivity contribution in [3.63, 3.8) is 0 Å². The van der Waals surface area contributed by atoms with Gasteiger partial charge in [-0.3, -0.25) is 14.8 Å². The van der Waals surface area contributed by atoms with Crippen molar-refractivity contribution >= 4 is 5.91 Å². The number of methoxy groups -OCH3 is 1. The largest absolute Gasteiger partial charge is 0.497 e. The van der Waals surface area contributed by atoms with Gasteiger partial charge in [-0.05, 0) is 42.3 Å². The van der Waals surface area contributed by atoms with Crippen molar-refractivity contribution in [3.05, 3.63) is 65.4 Å². The molecule has 1 aromatic heterocycles. The van der Waals surface area contributed by atoms with Crippen LogP contribution in [0.1, 0.15) is 23.1 Å². The summed E-state index contributed by atoms with van der Waals surface area (Å²) < 4.78 is 16.7. The van der Waals surface area contributed by atoms with Gasteiger partial charge in [0.1, 0.15) is 18.1 Å². The number of benzene rings is 2. The van der Waals surface area contributed by atoms with E-state index in [-0.39, 0.29) is 5.91 Å². The molecule has 1 N–H and O–H groups in total. The van der Waals surface area contributed by atoms with E-state index in [9.17, 15) is 4.79 Å². The van der Waals surface area contributed by atoms with E-state index in [4.69, 9.17) is 14.2 Å². The van der Waals surface area contributed by atoms with E-state index >= 15 is 0 Å². The number of amides is 1. The van der Waals surface area contributed by atoms with Gasteiger partial charge in [-0.25, -0.2) is 0 Å². The number of aromatic amines is 1. The second-order valence-electron chi connectivity index (χ2n) is 8.99. The molecule has 0 bridgehead atoms. The second kappa shape index (κ2) is 10.9. The number of carbonyl (C=O) groups excluding carboxylic acids is 1. The molecule has 1 saturated heterocycles. The number of fused-ring (bicyclic) bond motifs is 1. The molecule has 3 heterocycles. The SMILES string of the molecule is COc1ccc(-c2[nH]ncc2CN2CCOc3ccc(CCC(=O)N4CCOCC4)cc3C2)cc1. The number of aromatic nitrogens is 2. The Morgan fingerprint density at radius 2 is 1.91 bits per heavy atom. The zero-order chi connectivity index (χ0) is 24.0. The molecule has 3 aromatic rings. The smallest absolute Gasteiger partial charge is 0.223 e. The standard InChI is InChI=1S/C27H32N4O4/c1-33-24-6-4-21(5-7-24)27-23(17-28-29-27)19-30-10-15-35-25-8-2-20(16-22(25)18-30)3-9-26(32)31-11-13-34-14-12-31/h2,4-8,16-17H,3,9-15,18-19H2,1H3,(H,28,29). The minimum absolute atomic E-state index is 0.201. The summed E-state index contributed by atoms with van der Waals surface area (Å²) in [5, 5.41) is 7.46. The maximum absolute atomic E-state index is 12.6. The van der Waals surface area contributed by atoms with Crippen LogP contribution >= 0.6 is 0 Å². The van der Waals surface area contributed by atoms with Crippen LogP contribution in [0.4, 0.5) is 0 Å². The van der Waals surface area contributed by atoms with Gasteiger partial charge in [0.15, 0.2) is 0 Å². The first-order valence-corrected chi connectivity index (χ1v) is 12.2. The van der Waals surface area contributed by atoms with Gasteiger partial charge in [-0.15, -0.1) is 0 Å². The summed E-state index contributed by atoms with van der Waals surface area (Å²) in [6, 6.07) is 14.3. The number of rotatable bonds is 7. The fourth-order valence-electron chi connectivity index (χ4n) is 4.69. The number of nitrogens with one attached hydrogen (secondary N) is 1. The molecule has 2 aliphatic heterocycles. The lowest BCUT2D eigenvalue weighted by Crippen LogP contribution is -2.40. The zero-order valence-corrected chi connectivity index (χ0v) is 20.2. The van der Waals surface area contributed by atoms with E-state index in [0.717, 1.165) is 65.5 Å². The Labute approximate surface area is 205 Å². The van der Waals surface area contributed by atoms with Crippen molar-refractivity contribution < 1.29 is 19.0 Å². The third-order valence-electron chi connectivity index (χ3n) is 6.67. The van der Waals surface area contributed by atoms with Crippen LogP contribution in [0, 0.1) is 0 Å². The van der Waals surface area contributed by atoms with Crippen LogP contribution in [0.2, 0.25) is 0 Å². The minimum atomic E-state index is 0.201. The van der Waals surface area contributed by atoms with Gasteiger partial charge < -0.3 is 19.1 Å². The zero-order valence-electron chi connectivity index (χ0n) is 20.2. The Kier molecular flexibility index (Phi) is 7.30. The molecule has 0 radical (unpaired) electrons. The first-order chi connectivity index (χ1) is 17.2. The molecule has 8 heteroatoms. The first kappa shape index (κ1) is 23.4. The molecule has 0 aliphatic carbocycles. The van der Waals surface area contributed by atoms with E-state index < -0.39 is 0 Å². The lowest BCUT2D eigenvalue weighted by molar-refractivity contribution is -0.135. The monoisotopic (exact) mass is 476 g/mol. The number of aryl methyl sites for hydroxylation is 1. The van der Waals surface area contributed by atoms with Gasteiger partial charge >= 0.3 is 0 Å². The van der Waals surface area contributed by atoms with E-state index in [1.807, 2.05) is 41.4 Å². The van der Waals surface area contributed by atoms with Crippen LogP contribution in [0.15, 0.2) is 48.7 Å². The van der Waals surface area contributed by atoms with Crippen LogP contribution in [0.3, 0.4) is 0 Å². The van der Waals surface area contributed by atoms with Gasteiger partial charge in [0.05, 0.1) is 32.2 Å². The molecule has 0 saturated carbocycles. The van der Waals surface area contributed by atoms with E-state index in [1.54, 1.807) is 7.11 Å². The van der Waals surface area contributed by atoms with Crippen molar-refractivity contribution in [2.45, 2.75) is 25.9 Å². The molecule has 1 amide bonds. The minimum Gasteiger partial charge on any atom is -0.497 e. The van der Waals surface area contributed by atoms with E-state index in [2.05, 4.69) is 27.2 Å². The molecule has 8 nitrogen and oxygen atoms in total. The van der Waals surface area contributed by atoms with Crippen LogP contribution in [0.25, 0.3) is 11.3 Å². The summed E-state index contributed by atoms with van der Waals surface area (Å²) in [5.41, 5.74) is 5.57. The molecular formula is C27H32N4O4.